The van der Waals surface area contributed by atoms with Gasteiger partial charge in [-0.3, -0.25) is 9.59 Å². The summed E-state index contributed by atoms with van der Waals surface area (Å²) in [6.07, 6.45) is 49.2. The molecule has 0 spiro atoms. The molecule has 69 heavy (non-hydrogen) atoms. The molecular weight excluding hydrogens is 871 g/mol. The van der Waals surface area contributed by atoms with E-state index in [1.807, 2.05) is 6.08 Å². The van der Waals surface area contributed by atoms with E-state index in [0.717, 1.165) is 77.0 Å². The number of unbranched alkanes of at least 4 members (excludes halogenated alkanes) is 28. The largest absolute Gasteiger partial charge is 0.466 e. The number of rotatable bonds is 48. The molecule has 0 aromatic rings. The average molecular weight is 976 g/mol. The zero-order chi connectivity index (χ0) is 50.3. The fourth-order valence-corrected chi connectivity index (χ4v) is 8.60. The number of nitrogens with one attached hydrogen (secondary N) is 1. The molecule has 7 unspecified atom stereocenters. The van der Waals surface area contributed by atoms with Crippen LogP contribution >= 0.6 is 0 Å². The molecule has 1 fully saturated rings. The van der Waals surface area contributed by atoms with E-state index < -0.39 is 49.5 Å². The van der Waals surface area contributed by atoms with Gasteiger partial charge in [0, 0.05) is 12.8 Å². The summed E-state index contributed by atoms with van der Waals surface area (Å²) >= 11 is 0. The topological polar surface area (TPSA) is 175 Å². The van der Waals surface area contributed by atoms with Crippen molar-refractivity contribution in [2.24, 2.45) is 0 Å². The van der Waals surface area contributed by atoms with Crippen molar-refractivity contribution in [3.8, 4) is 0 Å². The first kappa shape index (κ1) is 64.6. The van der Waals surface area contributed by atoms with E-state index >= 15 is 0 Å². The van der Waals surface area contributed by atoms with Gasteiger partial charge in [-0.2, -0.15) is 0 Å². The number of aliphatic hydroxyl groups is 5. The molecule has 1 rings (SSSR count). The summed E-state index contributed by atoms with van der Waals surface area (Å²) in [5.74, 6) is -0.238. The molecule has 0 aliphatic carbocycles. The molecule has 11 nitrogen and oxygen atoms in total. The Morgan fingerprint density at radius 2 is 0.986 bits per heavy atom. The van der Waals surface area contributed by atoms with Crippen LogP contribution in [-0.4, -0.2) is 100 Å². The lowest BCUT2D eigenvalue weighted by Crippen LogP contribution is -2.60. The number of hydrogen-bond acceptors (Lipinski definition) is 10. The third-order valence-corrected chi connectivity index (χ3v) is 13.2. The summed E-state index contributed by atoms with van der Waals surface area (Å²) in [6, 6.07) is -0.835. The number of hydrogen-bond donors (Lipinski definition) is 6. The van der Waals surface area contributed by atoms with Crippen LogP contribution in [0.3, 0.4) is 0 Å². The molecule has 1 amide bonds. The minimum absolute atomic E-state index is 0.0320. The summed E-state index contributed by atoms with van der Waals surface area (Å²) in [7, 11) is 0. The first-order valence-electron chi connectivity index (χ1n) is 28.4. The Hall–Kier alpha value is -2.38. The lowest BCUT2D eigenvalue weighted by Gasteiger charge is -2.40. The summed E-state index contributed by atoms with van der Waals surface area (Å²) < 4.78 is 16.6. The van der Waals surface area contributed by atoms with E-state index in [2.05, 4.69) is 55.6 Å². The van der Waals surface area contributed by atoms with Crippen LogP contribution in [0, 0.1) is 0 Å². The molecule has 1 heterocycles. The first-order chi connectivity index (χ1) is 33.7. The molecule has 7 atom stereocenters. The summed E-state index contributed by atoms with van der Waals surface area (Å²) in [5, 5.41) is 54.1. The molecule has 402 valence electrons. The highest BCUT2D eigenvalue weighted by atomic mass is 16.7. The molecule has 0 aromatic carbocycles. The quantitative estimate of drug-likeness (QED) is 0.0196. The van der Waals surface area contributed by atoms with Gasteiger partial charge in [0.1, 0.15) is 24.4 Å². The van der Waals surface area contributed by atoms with E-state index in [-0.39, 0.29) is 18.5 Å². The SMILES string of the molecule is CCCCC/C=C/CC/C=C/C(O)C(COC1OC(CO)C(O)C(O)C1O)NC(=O)CCCCCCCCCCCCCCCCOC(=O)CCCCCCCCC/C=C\C/C=C\CCCCCC. The minimum atomic E-state index is -1.58. The van der Waals surface area contributed by atoms with Gasteiger partial charge in [0.2, 0.25) is 5.91 Å². The number of carbonyl (C=O) groups excluding carboxylic acids is 2. The monoisotopic (exact) mass is 976 g/mol. The zero-order valence-electron chi connectivity index (χ0n) is 44.0. The van der Waals surface area contributed by atoms with Gasteiger partial charge in [-0.05, 0) is 77.0 Å². The van der Waals surface area contributed by atoms with Crippen LogP contribution in [0.5, 0.6) is 0 Å². The van der Waals surface area contributed by atoms with E-state index in [4.69, 9.17) is 14.2 Å². The van der Waals surface area contributed by atoms with Crippen molar-refractivity contribution in [3.63, 3.8) is 0 Å². The smallest absolute Gasteiger partial charge is 0.305 e. The van der Waals surface area contributed by atoms with Gasteiger partial charge in [0.05, 0.1) is 32.0 Å². The zero-order valence-corrected chi connectivity index (χ0v) is 44.0. The van der Waals surface area contributed by atoms with Gasteiger partial charge in [0.25, 0.3) is 0 Å². The van der Waals surface area contributed by atoms with Gasteiger partial charge >= 0.3 is 5.97 Å². The molecule has 1 aliphatic rings. The average Bonchev–Trinajstić information content (AvgIpc) is 3.34. The maximum atomic E-state index is 13.0. The predicted octanol–water partition coefficient (Wildman–Crippen LogP) is 12.5. The van der Waals surface area contributed by atoms with Crippen molar-refractivity contribution >= 4 is 11.9 Å². The number of aliphatic hydroxyl groups excluding tert-OH is 5. The highest BCUT2D eigenvalue weighted by Crippen LogP contribution is 2.23. The van der Waals surface area contributed by atoms with Gasteiger partial charge in [-0.25, -0.2) is 0 Å². The number of carbonyl (C=O) groups is 2. The van der Waals surface area contributed by atoms with Gasteiger partial charge in [-0.1, -0.05) is 204 Å². The lowest BCUT2D eigenvalue weighted by atomic mass is 9.99. The number of ether oxygens (including phenoxy) is 3. The summed E-state index contributed by atoms with van der Waals surface area (Å²) in [4.78, 5) is 25.1. The maximum absolute atomic E-state index is 13.0. The Balaban J connectivity index is 2.06. The van der Waals surface area contributed by atoms with Crippen LogP contribution < -0.4 is 5.32 Å². The third kappa shape index (κ3) is 38.0. The Kier molecular flexibility index (Phi) is 44.9. The first-order valence-corrected chi connectivity index (χ1v) is 28.4. The Morgan fingerprint density at radius 3 is 1.55 bits per heavy atom. The van der Waals surface area contributed by atoms with E-state index in [9.17, 15) is 35.1 Å². The molecule has 1 saturated heterocycles. The summed E-state index contributed by atoms with van der Waals surface area (Å²) in [6.45, 7) is 4.21. The van der Waals surface area contributed by atoms with E-state index in [1.54, 1.807) is 6.08 Å². The highest BCUT2D eigenvalue weighted by molar-refractivity contribution is 5.76. The molecular formula is C58H105NO10. The fraction of sp³-hybridized carbons (Fsp3) is 0.828. The second-order valence-corrected chi connectivity index (χ2v) is 19.6. The molecule has 0 radical (unpaired) electrons. The summed E-state index contributed by atoms with van der Waals surface area (Å²) in [5.41, 5.74) is 0. The third-order valence-electron chi connectivity index (χ3n) is 13.2. The molecule has 0 bridgehead atoms. The van der Waals surface area contributed by atoms with Crippen LogP contribution in [0.15, 0.2) is 48.6 Å². The normalized spacial score (nSPS) is 19.7. The van der Waals surface area contributed by atoms with Crippen LogP contribution in [-0.2, 0) is 23.8 Å². The Bertz CT molecular complexity index is 1290. The van der Waals surface area contributed by atoms with Crippen LogP contribution in [0.25, 0.3) is 0 Å². The van der Waals surface area contributed by atoms with Crippen molar-refractivity contribution in [1.29, 1.82) is 0 Å². The molecule has 0 saturated carbocycles. The second-order valence-electron chi connectivity index (χ2n) is 19.6. The molecule has 0 aromatic heterocycles. The lowest BCUT2D eigenvalue weighted by molar-refractivity contribution is -0.302. The van der Waals surface area contributed by atoms with Crippen LogP contribution in [0.4, 0.5) is 0 Å². The van der Waals surface area contributed by atoms with Gasteiger partial charge < -0.3 is 45.1 Å². The molecule has 6 N–H and O–H groups in total. The van der Waals surface area contributed by atoms with Crippen molar-refractivity contribution in [3.05, 3.63) is 48.6 Å². The van der Waals surface area contributed by atoms with Gasteiger partial charge in [0.15, 0.2) is 6.29 Å². The van der Waals surface area contributed by atoms with Crippen molar-refractivity contribution in [2.75, 3.05) is 19.8 Å². The van der Waals surface area contributed by atoms with Crippen molar-refractivity contribution in [1.82, 2.24) is 5.32 Å². The second kappa shape index (κ2) is 47.9. The maximum Gasteiger partial charge on any atom is 0.305 e. The van der Waals surface area contributed by atoms with Gasteiger partial charge in [-0.15, -0.1) is 0 Å². The highest BCUT2D eigenvalue weighted by Gasteiger charge is 2.44. The van der Waals surface area contributed by atoms with Crippen LogP contribution in [0.2, 0.25) is 0 Å². The van der Waals surface area contributed by atoms with Crippen molar-refractivity contribution < 1.29 is 49.3 Å². The predicted molar refractivity (Wildman–Crippen MR) is 283 cm³/mol. The fourth-order valence-electron chi connectivity index (χ4n) is 8.60. The van der Waals surface area contributed by atoms with Crippen LogP contribution in [0.1, 0.15) is 245 Å². The molecule has 11 heteroatoms. The minimum Gasteiger partial charge on any atom is -0.466 e. The number of amides is 1. The number of allylic oxidation sites excluding steroid dienone is 7. The standard InChI is InChI=1S/C58H105NO10/c1-3-5-7-9-11-13-14-15-16-17-18-19-23-26-30-34-38-42-46-54(63)67-47-43-39-35-31-27-24-21-20-22-25-29-33-37-41-45-53(62)59-50(51(61)44-40-36-32-28-12-10-8-6-4-2)49-68-58-57(66)56(65)55(64)52(48-60)69-58/h12-14,16-17,28,40,44,50-52,55-58,60-61,64-66H,3-11,15,18-27,29-39,41-43,45-49H2,1-2H3,(H,59,62)/b14-13-,17-16-,28-12+,44-40+. The Labute approximate surface area is 421 Å². The molecule has 1 aliphatic heterocycles. The van der Waals surface area contributed by atoms with E-state index in [0.29, 0.717) is 19.4 Å². The van der Waals surface area contributed by atoms with E-state index in [1.165, 1.54) is 141 Å². The van der Waals surface area contributed by atoms with Crippen molar-refractivity contribution in [2.45, 2.75) is 288 Å². The Morgan fingerprint density at radius 1 is 0.536 bits per heavy atom. The number of esters is 1.